The number of para-hydroxylation sites is 1. The molecule has 0 aliphatic heterocycles. The fraction of sp³-hybridized carbons (Fsp3) is 0.190. The quantitative estimate of drug-likeness (QED) is 0.164. The Balaban J connectivity index is 1.94. The Morgan fingerprint density at radius 2 is 1.64 bits per heavy atom. The molecule has 0 saturated heterocycles. The van der Waals surface area contributed by atoms with Crippen molar-refractivity contribution < 1.29 is 24.8 Å². The molecule has 1 aromatic heterocycles. The highest BCUT2D eigenvalue weighted by Gasteiger charge is 2.14. The molecule has 0 atom stereocenters. The van der Waals surface area contributed by atoms with Gasteiger partial charge in [0.1, 0.15) is 0 Å². The molecule has 0 amide bonds. The summed E-state index contributed by atoms with van der Waals surface area (Å²) in [5.74, 6) is 0.770. The number of hydrogen-bond acceptors (Lipinski definition) is 12. The molecule has 0 unspecified atom stereocenters. The van der Waals surface area contributed by atoms with Crippen molar-refractivity contribution in [3.8, 4) is 0 Å². The van der Waals surface area contributed by atoms with Crippen molar-refractivity contribution >= 4 is 47.3 Å². The lowest BCUT2D eigenvalue weighted by atomic mass is 10.2. The summed E-state index contributed by atoms with van der Waals surface area (Å²) in [6.45, 7) is 3.92. The highest BCUT2D eigenvalue weighted by molar-refractivity contribution is 7.94. The monoisotopic (exact) mass is 471 g/mol. The van der Waals surface area contributed by atoms with Gasteiger partial charge in [-0.25, -0.2) is 0 Å². The second-order valence-electron chi connectivity index (χ2n) is 6.51. The number of aliphatic hydroxyl groups excluding tert-OH is 2. The molecule has 4 N–H and O–H groups in total. The number of aromatic nitrogens is 3. The maximum absolute atomic E-state index is 10.2. The van der Waals surface area contributed by atoms with Gasteiger partial charge >= 0.3 is 0 Å². The highest BCUT2D eigenvalue weighted by atomic mass is 32.2. The third kappa shape index (κ3) is 7.12. The minimum absolute atomic E-state index is 0.138. The van der Waals surface area contributed by atoms with E-state index in [4.69, 9.17) is 0 Å². The Bertz CT molecular complexity index is 1040. The molecule has 11 nitrogen and oxygen atoms in total. The van der Waals surface area contributed by atoms with Gasteiger partial charge in [-0.2, -0.15) is 19.3 Å². The van der Waals surface area contributed by atoms with E-state index in [0.717, 1.165) is 23.3 Å². The lowest BCUT2D eigenvalue weighted by Gasteiger charge is -2.21. The number of nitrogens with zero attached hydrogens (tertiary/aromatic N) is 4. The second-order valence-corrected chi connectivity index (χ2v) is 7.25. The Morgan fingerprint density at radius 3 is 2.24 bits per heavy atom. The molecule has 2 aromatic carbocycles. The first-order chi connectivity index (χ1) is 16.2. The van der Waals surface area contributed by atoms with Crippen LogP contribution in [-0.4, -0.2) is 51.5 Å². The average Bonchev–Trinajstić information content (AvgIpc) is 2.83. The minimum Gasteiger partial charge on any atom is -0.691 e. The standard InChI is InChI=1S/C21H24N6O5S/c1-2-15-8-9-17(14-18(15)33-32-31-30)23-20-24-19(22-16-6-4-3-5-7-16)25-21(26-20)27(10-12-28)11-13-29/h2-9,14,28-30H,1,10-13H2,(H2,22,23,24,25,26)/p-1. The van der Waals surface area contributed by atoms with Gasteiger partial charge in [-0.1, -0.05) is 36.9 Å². The fourth-order valence-electron chi connectivity index (χ4n) is 2.85. The first-order valence-corrected chi connectivity index (χ1v) is 10.6. The van der Waals surface area contributed by atoms with Crippen molar-refractivity contribution in [2.45, 2.75) is 4.90 Å². The molecule has 0 spiro atoms. The van der Waals surface area contributed by atoms with Gasteiger partial charge in [0, 0.05) is 29.4 Å². The lowest BCUT2D eigenvalue weighted by Crippen LogP contribution is -2.31. The van der Waals surface area contributed by atoms with Gasteiger partial charge in [-0.05, 0) is 29.8 Å². The Kier molecular flexibility index (Phi) is 9.38. The molecule has 33 heavy (non-hydrogen) atoms. The van der Waals surface area contributed by atoms with Crippen molar-refractivity contribution in [3.63, 3.8) is 0 Å². The molecule has 3 aromatic rings. The van der Waals surface area contributed by atoms with E-state index in [2.05, 4.69) is 41.5 Å². The van der Waals surface area contributed by atoms with Crippen LogP contribution in [-0.2, 0) is 9.37 Å². The van der Waals surface area contributed by atoms with Gasteiger partial charge in [-0.3, -0.25) is 5.04 Å². The van der Waals surface area contributed by atoms with E-state index in [9.17, 15) is 15.5 Å². The summed E-state index contributed by atoms with van der Waals surface area (Å²) < 4.78 is 4.44. The van der Waals surface area contributed by atoms with Crippen molar-refractivity contribution in [3.05, 3.63) is 60.7 Å². The number of hydrogen-bond donors (Lipinski definition) is 4. The summed E-state index contributed by atoms with van der Waals surface area (Å²) in [5, 5.41) is 38.7. The molecular weight excluding hydrogens is 448 g/mol. The van der Waals surface area contributed by atoms with Crippen LogP contribution in [0.15, 0.2) is 60.0 Å². The number of anilines is 5. The summed E-state index contributed by atoms with van der Waals surface area (Å²) in [6.07, 6.45) is 1.62. The van der Waals surface area contributed by atoms with Crippen LogP contribution < -0.4 is 20.8 Å². The summed E-state index contributed by atoms with van der Waals surface area (Å²) in [5.41, 5.74) is 2.12. The third-order valence-electron chi connectivity index (χ3n) is 4.32. The first kappa shape index (κ1) is 24.4. The minimum atomic E-state index is -0.138. The van der Waals surface area contributed by atoms with E-state index in [-0.39, 0.29) is 44.1 Å². The molecule has 0 radical (unpaired) electrons. The fourth-order valence-corrected chi connectivity index (χ4v) is 3.38. The highest BCUT2D eigenvalue weighted by Crippen LogP contribution is 2.29. The normalized spacial score (nSPS) is 10.6. The van der Waals surface area contributed by atoms with Crippen LogP contribution in [0.4, 0.5) is 29.2 Å². The number of rotatable bonds is 13. The molecule has 0 fully saturated rings. The summed E-state index contributed by atoms with van der Waals surface area (Å²) >= 11 is 0.747. The topological polar surface area (TPSA) is 148 Å². The SMILES string of the molecule is C=Cc1ccc(Nc2nc(Nc3ccccc3)nc(N(CCO)CCO)n2)cc1SOO[O-]. The van der Waals surface area contributed by atoms with Crippen molar-refractivity contribution in [2.75, 3.05) is 41.8 Å². The average molecular weight is 472 g/mol. The molecule has 1 heterocycles. The molecule has 0 aliphatic rings. The van der Waals surface area contributed by atoms with Gasteiger partial charge in [0.15, 0.2) is 0 Å². The molecule has 174 valence electrons. The van der Waals surface area contributed by atoms with E-state index in [0.29, 0.717) is 10.6 Å². The van der Waals surface area contributed by atoms with E-state index in [1.165, 1.54) is 0 Å². The van der Waals surface area contributed by atoms with Crippen molar-refractivity contribution in [1.29, 1.82) is 0 Å². The van der Waals surface area contributed by atoms with Crippen molar-refractivity contribution in [1.82, 2.24) is 15.0 Å². The molecule has 0 aliphatic carbocycles. The zero-order valence-electron chi connectivity index (χ0n) is 17.5. The van der Waals surface area contributed by atoms with Crippen LogP contribution in [0.25, 0.3) is 6.08 Å². The van der Waals surface area contributed by atoms with Crippen LogP contribution in [0.3, 0.4) is 0 Å². The van der Waals surface area contributed by atoms with Gasteiger partial charge in [-0.15, -0.1) is 0 Å². The zero-order valence-corrected chi connectivity index (χ0v) is 18.4. The molecule has 12 heteroatoms. The van der Waals surface area contributed by atoms with E-state index < -0.39 is 0 Å². The maximum Gasteiger partial charge on any atom is 0.233 e. The Labute approximate surface area is 194 Å². The summed E-state index contributed by atoms with van der Waals surface area (Å²) in [6, 6.07) is 14.7. The molecule has 0 bridgehead atoms. The summed E-state index contributed by atoms with van der Waals surface area (Å²) in [4.78, 5) is 15.5. The Morgan fingerprint density at radius 1 is 0.970 bits per heavy atom. The molecule has 3 rings (SSSR count). The maximum atomic E-state index is 10.2. The van der Waals surface area contributed by atoms with Crippen LogP contribution >= 0.6 is 12.0 Å². The largest absolute Gasteiger partial charge is 0.691 e. The van der Waals surface area contributed by atoms with E-state index in [1.807, 2.05) is 30.3 Å². The van der Waals surface area contributed by atoms with E-state index >= 15 is 0 Å². The third-order valence-corrected chi connectivity index (χ3v) is 4.97. The van der Waals surface area contributed by atoms with Crippen LogP contribution in [0, 0.1) is 0 Å². The molecule has 0 saturated carbocycles. The van der Waals surface area contributed by atoms with Crippen LogP contribution in [0.1, 0.15) is 5.56 Å². The predicted molar refractivity (Wildman–Crippen MR) is 124 cm³/mol. The molecular formula is C21H23N6O5S-. The number of nitrogens with one attached hydrogen (secondary N) is 2. The van der Waals surface area contributed by atoms with Gasteiger partial charge < -0.3 is 31.0 Å². The van der Waals surface area contributed by atoms with Crippen LogP contribution in [0.5, 0.6) is 0 Å². The van der Waals surface area contributed by atoms with Crippen LogP contribution in [0.2, 0.25) is 0 Å². The first-order valence-electron chi connectivity index (χ1n) is 9.88. The summed E-state index contributed by atoms with van der Waals surface area (Å²) in [7, 11) is 0. The van der Waals surface area contributed by atoms with Gasteiger partial charge in [0.25, 0.3) is 0 Å². The predicted octanol–water partition coefficient (Wildman–Crippen LogP) is 2.02. The van der Waals surface area contributed by atoms with Crippen molar-refractivity contribution in [2.24, 2.45) is 0 Å². The smallest absolute Gasteiger partial charge is 0.233 e. The van der Waals surface area contributed by atoms with Gasteiger partial charge in [0.05, 0.1) is 25.3 Å². The number of aliphatic hydroxyl groups is 2. The number of benzene rings is 2. The second kappa shape index (κ2) is 12.7. The van der Waals surface area contributed by atoms with Gasteiger partial charge in [0.2, 0.25) is 17.8 Å². The van der Waals surface area contributed by atoms with E-state index in [1.54, 1.807) is 29.2 Å². The Hall–Kier alpha value is -3.26. The zero-order chi connectivity index (χ0) is 23.5. The lowest BCUT2D eigenvalue weighted by molar-refractivity contribution is -0.777.